The molecular formula is C33H32N4O2S2. The van der Waals surface area contributed by atoms with Crippen molar-refractivity contribution in [3.8, 4) is 22.3 Å². The van der Waals surface area contributed by atoms with Gasteiger partial charge in [-0.15, -0.1) is 11.3 Å². The molecule has 0 atom stereocenters. The number of benzene rings is 3. The van der Waals surface area contributed by atoms with Gasteiger partial charge in [0.2, 0.25) is 0 Å². The summed E-state index contributed by atoms with van der Waals surface area (Å²) in [7, 11) is -2.06. The summed E-state index contributed by atoms with van der Waals surface area (Å²) in [5.41, 5.74) is 7.81. The summed E-state index contributed by atoms with van der Waals surface area (Å²) >= 11 is 1.22. The van der Waals surface area contributed by atoms with Crippen molar-refractivity contribution in [1.82, 2.24) is 14.9 Å². The minimum absolute atomic E-state index is 0.317. The van der Waals surface area contributed by atoms with Crippen LogP contribution < -0.4 is 4.31 Å². The lowest BCUT2D eigenvalue weighted by molar-refractivity contribution is 0.296. The molecule has 0 saturated heterocycles. The molecule has 0 bridgehead atoms. The first-order chi connectivity index (χ1) is 19.9. The summed E-state index contributed by atoms with van der Waals surface area (Å²) in [6, 6.07) is 28.2. The maximum atomic E-state index is 13.3. The summed E-state index contributed by atoms with van der Waals surface area (Å²) in [6.45, 7) is 7.33. The fourth-order valence-corrected chi connectivity index (χ4v) is 7.69. The lowest BCUT2D eigenvalue weighted by Gasteiger charge is -2.19. The number of pyridine rings is 1. The number of aromatic nitrogens is 2. The summed E-state index contributed by atoms with van der Waals surface area (Å²) in [4.78, 5) is 10.7. The second kappa shape index (κ2) is 11.1. The fourth-order valence-electron chi connectivity index (χ4n) is 5.34. The highest BCUT2D eigenvalue weighted by molar-refractivity contribution is 7.94. The lowest BCUT2D eigenvalue weighted by Crippen LogP contribution is -2.25. The number of nitrogens with one attached hydrogen (secondary N) is 1. The van der Waals surface area contributed by atoms with Crippen molar-refractivity contribution in [3.05, 3.63) is 102 Å². The molecule has 3 aromatic heterocycles. The van der Waals surface area contributed by atoms with Gasteiger partial charge in [0.05, 0.1) is 5.69 Å². The first-order valence-corrected chi connectivity index (χ1v) is 16.1. The van der Waals surface area contributed by atoms with Gasteiger partial charge >= 0.3 is 0 Å². The molecule has 0 radical (unpaired) electrons. The van der Waals surface area contributed by atoms with Crippen LogP contribution in [0.1, 0.15) is 19.4 Å². The molecule has 0 amide bonds. The van der Waals surface area contributed by atoms with E-state index < -0.39 is 10.0 Å². The van der Waals surface area contributed by atoms with Crippen molar-refractivity contribution in [3.63, 3.8) is 0 Å². The molecule has 6 aromatic rings. The number of aromatic amines is 1. The van der Waals surface area contributed by atoms with E-state index in [1.54, 1.807) is 24.6 Å². The van der Waals surface area contributed by atoms with Gasteiger partial charge in [-0.3, -0.25) is 9.21 Å². The predicted molar refractivity (Wildman–Crippen MR) is 171 cm³/mol. The van der Waals surface area contributed by atoms with E-state index in [2.05, 4.69) is 60.1 Å². The van der Waals surface area contributed by atoms with Crippen molar-refractivity contribution < 1.29 is 8.42 Å². The third-order valence-corrected chi connectivity index (χ3v) is 10.9. The normalized spacial score (nSPS) is 12.0. The number of thiophene rings is 1. The van der Waals surface area contributed by atoms with Gasteiger partial charge in [-0.2, -0.15) is 0 Å². The Hall–Kier alpha value is -3.98. The van der Waals surface area contributed by atoms with Gasteiger partial charge in [0.1, 0.15) is 9.86 Å². The molecule has 8 heteroatoms. The van der Waals surface area contributed by atoms with Gasteiger partial charge in [0.25, 0.3) is 10.0 Å². The van der Waals surface area contributed by atoms with Crippen LogP contribution in [0.3, 0.4) is 0 Å². The molecule has 0 saturated carbocycles. The van der Waals surface area contributed by atoms with E-state index in [1.807, 2.05) is 42.6 Å². The summed E-state index contributed by atoms with van der Waals surface area (Å²) in [5.74, 6) is 0. The fraction of sp³-hybridized carbons (Fsp3) is 0.182. The number of rotatable bonds is 9. The Bertz CT molecular complexity index is 1910. The van der Waals surface area contributed by atoms with Crippen molar-refractivity contribution in [1.29, 1.82) is 0 Å². The monoisotopic (exact) mass is 580 g/mol. The van der Waals surface area contributed by atoms with Crippen LogP contribution in [0.4, 0.5) is 5.69 Å². The lowest BCUT2D eigenvalue weighted by atomic mass is 9.92. The molecule has 0 spiro atoms. The van der Waals surface area contributed by atoms with Crippen LogP contribution in [0.25, 0.3) is 44.2 Å². The van der Waals surface area contributed by atoms with E-state index in [-0.39, 0.29) is 0 Å². The first kappa shape index (κ1) is 27.2. The minimum atomic E-state index is -3.66. The Labute approximate surface area is 245 Å². The van der Waals surface area contributed by atoms with Gasteiger partial charge in [-0.05, 0) is 59.4 Å². The standard InChI is InChI=1S/C33H32N4O2S2/c1-4-37(5-2)22-23-13-15-24(16-14-23)28-21-34-33-32(31(28)25-10-7-6-8-11-25)27-20-26(17-18-29(27)35-33)36(3)41(38,39)30-12-9-19-40-30/h6-21H,4-5,22H2,1-3H3,(H,34,35). The van der Waals surface area contributed by atoms with Crippen molar-refractivity contribution in [2.45, 2.75) is 24.6 Å². The number of fused-ring (bicyclic) bond motifs is 3. The molecule has 6 nitrogen and oxygen atoms in total. The van der Waals surface area contributed by atoms with Crippen LogP contribution in [-0.4, -0.2) is 43.4 Å². The van der Waals surface area contributed by atoms with Crippen molar-refractivity contribution in [2.24, 2.45) is 0 Å². The zero-order valence-electron chi connectivity index (χ0n) is 23.3. The molecule has 41 heavy (non-hydrogen) atoms. The topological polar surface area (TPSA) is 69.3 Å². The van der Waals surface area contributed by atoms with Crippen LogP contribution >= 0.6 is 11.3 Å². The smallest absolute Gasteiger partial charge is 0.273 e. The summed E-state index contributed by atoms with van der Waals surface area (Å²) < 4.78 is 28.3. The minimum Gasteiger partial charge on any atom is -0.339 e. The third kappa shape index (κ3) is 5.03. The first-order valence-electron chi connectivity index (χ1n) is 13.7. The third-order valence-electron chi connectivity index (χ3n) is 7.71. The largest absolute Gasteiger partial charge is 0.339 e. The van der Waals surface area contributed by atoms with E-state index in [1.165, 1.54) is 21.2 Å². The van der Waals surface area contributed by atoms with Crippen LogP contribution in [0.15, 0.2) is 101 Å². The second-order valence-corrected chi connectivity index (χ2v) is 13.2. The van der Waals surface area contributed by atoms with Crippen molar-refractivity contribution in [2.75, 3.05) is 24.4 Å². The molecule has 0 fully saturated rings. The maximum Gasteiger partial charge on any atom is 0.273 e. The molecule has 0 aliphatic heterocycles. The molecule has 0 aliphatic carbocycles. The van der Waals surface area contributed by atoms with E-state index in [9.17, 15) is 8.42 Å². The average Bonchev–Trinajstić information content (AvgIpc) is 3.69. The maximum absolute atomic E-state index is 13.3. The highest BCUT2D eigenvalue weighted by Crippen LogP contribution is 2.41. The van der Waals surface area contributed by atoms with Gasteiger partial charge in [-0.25, -0.2) is 13.4 Å². The number of sulfonamides is 1. The quantitative estimate of drug-likeness (QED) is 0.190. The van der Waals surface area contributed by atoms with E-state index >= 15 is 0 Å². The second-order valence-electron chi connectivity index (χ2n) is 10.1. The zero-order valence-corrected chi connectivity index (χ0v) is 25.0. The molecular weight excluding hydrogens is 549 g/mol. The van der Waals surface area contributed by atoms with E-state index in [0.29, 0.717) is 9.90 Å². The van der Waals surface area contributed by atoms with Gasteiger partial charge in [0, 0.05) is 47.2 Å². The molecule has 208 valence electrons. The molecule has 6 rings (SSSR count). The Morgan fingerprint density at radius 1 is 0.878 bits per heavy atom. The Morgan fingerprint density at radius 2 is 1.63 bits per heavy atom. The van der Waals surface area contributed by atoms with Crippen molar-refractivity contribution >= 4 is 49.0 Å². The Morgan fingerprint density at radius 3 is 2.32 bits per heavy atom. The Kier molecular flexibility index (Phi) is 7.38. The molecule has 0 aliphatic rings. The van der Waals surface area contributed by atoms with Gasteiger partial charge in [-0.1, -0.05) is 74.5 Å². The summed E-state index contributed by atoms with van der Waals surface area (Å²) in [6.07, 6.45) is 1.94. The van der Waals surface area contributed by atoms with Gasteiger partial charge in [0.15, 0.2) is 0 Å². The predicted octanol–water partition coefficient (Wildman–Crippen LogP) is 7.78. The van der Waals surface area contributed by atoms with Crippen LogP contribution in [-0.2, 0) is 16.6 Å². The van der Waals surface area contributed by atoms with Gasteiger partial charge < -0.3 is 4.98 Å². The van der Waals surface area contributed by atoms with Crippen LogP contribution in [0.2, 0.25) is 0 Å². The highest BCUT2D eigenvalue weighted by Gasteiger charge is 2.24. The SMILES string of the molecule is CCN(CC)Cc1ccc(-c2cnc3[nH]c4ccc(N(C)S(=O)(=O)c5cccs5)cc4c3c2-c2ccccc2)cc1. The van der Waals surface area contributed by atoms with Crippen LogP contribution in [0.5, 0.6) is 0 Å². The summed E-state index contributed by atoms with van der Waals surface area (Å²) in [5, 5.41) is 3.68. The molecule has 3 heterocycles. The van der Waals surface area contributed by atoms with E-state index in [4.69, 9.17) is 4.98 Å². The number of hydrogen-bond donors (Lipinski definition) is 1. The van der Waals surface area contributed by atoms with Crippen LogP contribution in [0, 0.1) is 0 Å². The molecule has 3 aromatic carbocycles. The molecule has 0 unspecified atom stereocenters. The van der Waals surface area contributed by atoms with E-state index in [0.717, 1.165) is 63.8 Å². The average molecular weight is 581 g/mol. The zero-order chi connectivity index (χ0) is 28.6. The number of nitrogens with zero attached hydrogens (tertiary/aromatic N) is 3. The number of anilines is 1. The molecule has 1 N–H and O–H groups in total. The number of H-pyrrole nitrogens is 1. The number of hydrogen-bond acceptors (Lipinski definition) is 5. The highest BCUT2D eigenvalue weighted by atomic mass is 32.2. The Balaban J connectivity index is 1.53.